The Hall–Kier alpha value is -3.06. The second kappa shape index (κ2) is 6.92. The quantitative estimate of drug-likeness (QED) is 0.544. The summed E-state index contributed by atoms with van der Waals surface area (Å²) in [5, 5.41) is 9.01. The molecule has 1 amide bonds. The van der Waals surface area contributed by atoms with E-state index in [-0.39, 0.29) is 17.7 Å². The molecule has 5 nitrogen and oxygen atoms in total. The van der Waals surface area contributed by atoms with Crippen LogP contribution in [-0.4, -0.2) is 20.5 Å². The van der Waals surface area contributed by atoms with E-state index in [1.165, 1.54) is 29.0 Å². The van der Waals surface area contributed by atoms with Crippen molar-refractivity contribution in [2.45, 2.75) is 19.8 Å². The van der Waals surface area contributed by atoms with Crippen molar-refractivity contribution in [3.63, 3.8) is 0 Å². The first-order chi connectivity index (χ1) is 13.0. The van der Waals surface area contributed by atoms with Gasteiger partial charge in [0.25, 0.3) is 11.9 Å². The Morgan fingerprint density at radius 2 is 1.81 bits per heavy atom. The van der Waals surface area contributed by atoms with Gasteiger partial charge in [0.15, 0.2) is 0 Å². The van der Waals surface area contributed by atoms with Crippen molar-refractivity contribution in [1.82, 2.24) is 14.6 Å². The third-order valence-electron chi connectivity index (χ3n) is 4.29. The van der Waals surface area contributed by atoms with Crippen molar-refractivity contribution in [1.29, 1.82) is 0 Å². The molecular formula is C20H17FN4OS. The summed E-state index contributed by atoms with van der Waals surface area (Å²) < 4.78 is 14.8. The Balaban J connectivity index is 1.57. The van der Waals surface area contributed by atoms with Crippen LogP contribution in [0.3, 0.4) is 0 Å². The van der Waals surface area contributed by atoms with Crippen molar-refractivity contribution in [3.8, 4) is 11.3 Å². The fourth-order valence-electron chi connectivity index (χ4n) is 2.75. The summed E-state index contributed by atoms with van der Waals surface area (Å²) in [6, 6.07) is 13.7. The lowest BCUT2D eigenvalue weighted by Crippen LogP contribution is -2.13. The third kappa shape index (κ3) is 3.46. The van der Waals surface area contributed by atoms with Crippen molar-refractivity contribution in [2.75, 3.05) is 5.32 Å². The van der Waals surface area contributed by atoms with Gasteiger partial charge in [-0.3, -0.25) is 10.1 Å². The van der Waals surface area contributed by atoms with Crippen LogP contribution in [0.15, 0.2) is 53.9 Å². The van der Waals surface area contributed by atoms with Gasteiger partial charge in [0.1, 0.15) is 5.82 Å². The molecule has 0 saturated heterocycles. The molecule has 0 saturated carbocycles. The molecule has 136 valence electrons. The summed E-state index contributed by atoms with van der Waals surface area (Å²) in [7, 11) is 0. The zero-order valence-electron chi connectivity index (χ0n) is 14.8. The first kappa shape index (κ1) is 17.4. The molecule has 4 rings (SSSR count). The predicted molar refractivity (Wildman–Crippen MR) is 105 cm³/mol. The molecule has 0 atom stereocenters. The third-order valence-corrected chi connectivity index (χ3v) is 5.10. The Morgan fingerprint density at radius 3 is 2.48 bits per heavy atom. The molecule has 0 spiro atoms. The summed E-state index contributed by atoms with van der Waals surface area (Å²) in [4.78, 5) is 17.5. The van der Waals surface area contributed by atoms with Crippen molar-refractivity contribution in [3.05, 3.63) is 70.9 Å². The lowest BCUT2D eigenvalue weighted by atomic mass is 10.0. The minimum Gasteiger partial charge on any atom is -0.289 e. The van der Waals surface area contributed by atoms with E-state index >= 15 is 0 Å². The maximum absolute atomic E-state index is 13.1. The number of amides is 1. The number of aromatic nitrogens is 3. The van der Waals surface area contributed by atoms with Gasteiger partial charge in [-0.05, 0) is 47.9 Å². The molecule has 0 radical (unpaired) electrons. The molecule has 2 heterocycles. The number of halogens is 1. The average Bonchev–Trinajstić information content (AvgIpc) is 3.22. The lowest BCUT2D eigenvalue weighted by Gasteiger charge is -2.06. The van der Waals surface area contributed by atoms with Crippen molar-refractivity contribution >= 4 is 28.2 Å². The van der Waals surface area contributed by atoms with E-state index in [2.05, 4.69) is 29.2 Å². The number of benzene rings is 2. The topological polar surface area (TPSA) is 59.3 Å². The van der Waals surface area contributed by atoms with Gasteiger partial charge >= 0.3 is 0 Å². The molecule has 7 heteroatoms. The maximum atomic E-state index is 13.1. The molecule has 1 N–H and O–H groups in total. The van der Waals surface area contributed by atoms with E-state index < -0.39 is 0 Å². The van der Waals surface area contributed by atoms with Gasteiger partial charge in [-0.15, -0.1) is 16.4 Å². The van der Waals surface area contributed by atoms with Crippen molar-refractivity contribution < 1.29 is 9.18 Å². The highest BCUT2D eigenvalue weighted by atomic mass is 32.1. The minimum absolute atomic E-state index is 0.239. The second-order valence-corrected chi connectivity index (χ2v) is 7.33. The molecule has 0 aliphatic carbocycles. The standard InChI is InChI=1S/C20H17FN4OS/c1-12(2)13-3-5-15(6-4-13)18(26)22-19-23-20-25(24-19)17(11-27-20)14-7-9-16(21)10-8-14/h3-12H,1-2H3,(H,22,24,26). The molecular weight excluding hydrogens is 363 g/mol. The smallest absolute Gasteiger partial charge is 0.258 e. The molecule has 0 unspecified atom stereocenters. The number of carbonyl (C=O) groups excluding carboxylic acids is 1. The lowest BCUT2D eigenvalue weighted by molar-refractivity contribution is 0.102. The molecule has 0 fully saturated rings. The highest BCUT2D eigenvalue weighted by molar-refractivity contribution is 7.15. The summed E-state index contributed by atoms with van der Waals surface area (Å²) >= 11 is 1.41. The first-order valence-corrected chi connectivity index (χ1v) is 9.41. The van der Waals surface area contributed by atoms with Crippen molar-refractivity contribution in [2.24, 2.45) is 0 Å². The number of hydrogen-bond acceptors (Lipinski definition) is 4. The van der Waals surface area contributed by atoms with E-state index in [9.17, 15) is 9.18 Å². The normalized spacial score (nSPS) is 11.3. The Labute approximate surface area is 159 Å². The van der Waals surface area contributed by atoms with E-state index in [4.69, 9.17) is 0 Å². The Bertz CT molecular complexity index is 1100. The molecule has 2 aromatic heterocycles. The van der Waals surface area contributed by atoms with Crippen LogP contribution in [0.25, 0.3) is 16.2 Å². The monoisotopic (exact) mass is 380 g/mol. The Morgan fingerprint density at radius 1 is 1.11 bits per heavy atom. The Kier molecular flexibility index (Phi) is 4.45. The highest BCUT2D eigenvalue weighted by Crippen LogP contribution is 2.26. The van der Waals surface area contributed by atoms with Crippen LogP contribution < -0.4 is 5.32 Å². The number of anilines is 1. The summed E-state index contributed by atoms with van der Waals surface area (Å²) in [6.45, 7) is 4.21. The van der Waals surface area contributed by atoms with Crippen LogP contribution in [0.5, 0.6) is 0 Å². The number of carbonyl (C=O) groups is 1. The first-order valence-electron chi connectivity index (χ1n) is 8.53. The van der Waals surface area contributed by atoms with E-state index in [0.29, 0.717) is 16.4 Å². The van der Waals surface area contributed by atoms with E-state index in [1.807, 2.05) is 17.5 Å². The van der Waals surface area contributed by atoms with Crippen LogP contribution >= 0.6 is 11.3 Å². The number of nitrogens with one attached hydrogen (secondary N) is 1. The van der Waals surface area contributed by atoms with Gasteiger partial charge in [-0.1, -0.05) is 26.0 Å². The largest absolute Gasteiger partial charge is 0.289 e. The number of hydrogen-bond donors (Lipinski definition) is 1. The van der Waals surface area contributed by atoms with Crippen LogP contribution in [0.1, 0.15) is 35.7 Å². The van der Waals surface area contributed by atoms with Gasteiger partial charge in [-0.2, -0.15) is 4.98 Å². The average molecular weight is 380 g/mol. The van der Waals surface area contributed by atoms with Crippen LogP contribution in [0, 0.1) is 5.82 Å². The minimum atomic E-state index is -0.291. The molecule has 2 aromatic carbocycles. The maximum Gasteiger partial charge on any atom is 0.258 e. The van der Waals surface area contributed by atoms with Crippen LogP contribution in [0.4, 0.5) is 10.3 Å². The van der Waals surface area contributed by atoms with Crippen LogP contribution in [-0.2, 0) is 0 Å². The predicted octanol–water partition coefficient (Wildman–Crippen LogP) is 4.97. The summed E-state index contributed by atoms with van der Waals surface area (Å²) in [5.74, 6) is 0.101. The number of fused-ring (bicyclic) bond motifs is 1. The fraction of sp³-hybridized carbons (Fsp3) is 0.150. The van der Waals surface area contributed by atoms with Gasteiger partial charge in [0.2, 0.25) is 4.96 Å². The fourth-order valence-corrected chi connectivity index (χ4v) is 3.58. The van der Waals surface area contributed by atoms with Gasteiger partial charge in [0.05, 0.1) is 5.69 Å². The van der Waals surface area contributed by atoms with Gasteiger partial charge in [0, 0.05) is 16.5 Å². The van der Waals surface area contributed by atoms with E-state index in [0.717, 1.165) is 11.3 Å². The summed E-state index contributed by atoms with van der Waals surface area (Å²) in [5.41, 5.74) is 3.35. The number of rotatable bonds is 4. The number of nitrogens with zero attached hydrogens (tertiary/aromatic N) is 3. The SMILES string of the molecule is CC(C)c1ccc(C(=O)Nc2nc3scc(-c4ccc(F)cc4)n3n2)cc1. The van der Waals surface area contributed by atoms with Gasteiger partial charge in [-0.25, -0.2) is 8.91 Å². The zero-order chi connectivity index (χ0) is 19.0. The second-order valence-electron chi connectivity index (χ2n) is 6.49. The van der Waals surface area contributed by atoms with E-state index in [1.54, 1.807) is 28.8 Å². The molecule has 4 aromatic rings. The molecule has 0 aliphatic heterocycles. The van der Waals surface area contributed by atoms with Crippen LogP contribution in [0.2, 0.25) is 0 Å². The molecule has 27 heavy (non-hydrogen) atoms. The molecule has 0 aliphatic rings. The molecule has 0 bridgehead atoms. The summed E-state index contributed by atoms with van der Waals surface area (Å²) in [6.07, 6.45) is 0. The van der Waals surface area contributed by atoms with Gasteiger partial charge < -0.3 is 0 Å². The highest BCUT2D eigenvalue weighted by Gasteiger charge is 2.14. The zero-order valence-corrected chi connectivity index (χ0v) is 15.6. The number of thiazole rings is 1.